The normalized spacial score (nSPS) is 15.4. The van der Waals surface area contributed by atoms with Gasteiger partial charge in [-0.05, 0) is 49.3 Å². The number of aliphatic imine (C=N–C) groups is 1. The lowest BCUT2D eigenvalue weighted by Crippen LogP contribution is -2.43. The first-order chi connectivity index (χ1) is 13.6. The number of hydrogen-bond acceptors (Lipinski definition) is 4. The largest absolute Gasteiger partial charge is 0.484 e. The molecule has 1 aromatic carbocycles. The second kappa shape index (κ2) is 13.6. The van der Waals surface area contributed by atoms with Crippen molar-refractivity contribution >= 4 is 35.8 Å². The van der Waals surface area contributed by atoms with Gasteiger partial charge in [0.25, 0.3) is 5.91 Å². The number of ether oxygens (including phenoxy) is 2. The Morgan fingerprint density at radius 2 is 2.03 bits per heavy atom. The zero-order valence-corrected chi connectivity index (χ0v) is 19.9. The maximum Gasteiger partial charge on any atom is 0.255 e. The molecule has 8 heteroatoms. The van der Waals surface area contributed by atoms with Gasteiger partial charge in [-0.25, -0.2) is 4.99 Å². The van der Waals surface area contributed by atoms with E-state index < -0.39 is 5.91 Å². The van der Waals surface area contributed by atoms with Crippen LogP contribution in [0.3, 0.4) is 0 Å². The van der Waals surface area contributed by atoms with Crippen LogP contribution in [0.2, 0.25) is 0 Å². The number of benzene rings is 1. The molecule has 0 bridgehead atoms. The summed E-state index contributed by atoms with van der Waals surface area (Å²) in [6.07, 6.45) is 6.13. The van der Waals surface area contributed by atoms with Crippen molar-refractivity contribution in [3.8, 4) is 5.75 Å². The Balaban J connectivity index is 0.00000420. The van der Waals surface area contributed by atoms with E-state index in [1.165, 1.54) is 25.7 Å². The van der Waals surface area contributed by atoms with Gasteiger partial charge in [-0.3, -0.25) is 4.79 Å². The minimum atomic E-state index is -0.489. The Morgan fingerprint density at radius 1 is 1.28 bits per heavy atom. The first kappa shape index (κ1) is 25.5. The van der Waals surface area contributed by atoms with E-state index in [0.29, 0.717) is 17.7 Å². The summed E-state index contributed by atoms with van der Waals surface area (Å²) < 4.78 is 10.7. The number of nitrogens with one attached hydrogen (secondary N) is 2. The maximum absolute atomic E-state index is 10.9. The molecule has 0 atom stereocenters. The van der Waals surface area contributed by atoms with E-state index in [2.05, 4.69) is 17.6 Å². The summed E-state index contributed by atoms with van der Waals surface area (Å²) >= 11 is 0. The highest BCUT2D eigenvalue weighted by Gasteiger charge is 2.33. The van der Waals surface area contributed by atoms with Gasteiger partial charge in [0.2, 0.25) is 0 Å². The lowest BCUT2D eigenvalue weighted by atomic mass is 9.83. The van der Waals surface area contributed by atoms with Crippen LogP contribution in [-0.2, 0) is 16.1 Å². The molecule has 1 amide bonds. The molecule has 164 valence electrons. The number of halogens is 1. The molecule has 0 saturated heterocycles. The number of guanidine groups is 1. The molecular formula is C21H35IN4O3. The average molecular weight is 518 g/mol. The van der Waals surface area contributed by atoms with E-state index in [-0.39, 0.29) is 30.6 Å². The smallest absolute Gasteiger partial charge is 0.255 e. The van der Waals surface area contributed by atoms with Crippen molar-refractivity contribution in [1.82, 2.24) is 10.6 Å². The number of primary amides is 1. The third-order valence-electron chi connectivity index (χ3n) is 5.18. The van der Waals surface area contributed by atoms with Gasteiger partial charge < -0.3 is 25.8 Å². The predicted octanol–water partition coefficient (Wildman–Crippen LogP) is 2.82. The van der Waals surface area contributed by atoms with Gasteiger partial charge in [0.15, 0.2) is 12.6 Å². The Hall–Kier alpha value is -1.55. The van der Waals surface area contributed by atoms with Crippen LogP contribution in [0.15, 0.2) is 29.3 Å². The van der Waals surface area contributed by atoms with Gasteiger partial charge >= 0.3 is 0 Å². The Kier molecular flexibility index (Phi) is 12.0. The number of carbonyl (C=O) groups excluding carboxylic acids is 1. The van der Waals surface area contributed by atoms with Crippen LogP contribution in [0.25, 0.3) is 0 Å². The summed E-state index contributed by atoms with van der Waals surface area (Å²) in [5.74, 6) is 0.944. The second-order valence-electron chi connectivity index (χ2n) is 7.40. The fourth-order valence-electron chi connectivity index (χ4n) is 3.63. The Bertz CT molecular complexity index is 649. The van der Waals surface area contributed by atoms with Gasteiger partial charge in [-0.15, -0.1) is 24.0 Å². The van der Waals surface area contributed by atoms with Crippen molar-refractivity contribution in [2.75, 3.05) is 33.4 Å². The summed E-state index contributed by atoms with van der Waals surface area (Å²) in [6, 6.07) is 7.56. The van der Waals surface area contributed by atoms with E-state index in [1.807, 2.05) is 18.2 Å². The predicted molar refractivity (Wildman–Crippen MR) is 127 cm³/mol. The van der Waals surface area contributed by atoms with Crippen LogP contribution in [0, 0.1) is 5.41 Å². The average Bonchev–Trinajstić information content (AvgIpc) is 3.16. The minimum Gasteiger partial charge on any atom is -0.484 e. The number of carbonyl (C=O) groups is 1. The van der Waals surface area contributed by atoms with Gasteiger partial charge in [0.1, 0.15) is 5.75 Å². The molecule has 0 aromatic heterocycles. The fraction of sp³-hybridized carbons (Fsp3) is 0.619. The molecule has 29 heavy (non-hydrogen) atoms. The van der Waals surface area contributed by atoms with E-state index >= 15 is 0 Å². The lowest BCUT2D eigenvalue weighted by Gasteiger charge is -2.30. The van der Waals surface area contributed by atoms with E-state index in [4.69, 9.17) is 20.2 Å². The summed E-state index contributed by atoms with van der Waals surface area (Å²) in [5, 5.41) is 6.85. The molecule has 1 saturated carbocycles. The summed E-state index contributed by atoms with van der Waals surface area (Å²) in [7, 11) is 1.77. The van der Waals surface area contributed by atoms with E-state index in [1.54, 1.807) is 13.2 Å². The zero-order chi connectivity index (χ0) is 20.2. The molecular weight excluding hydrogens is 483 g/mol. The number of nitrogens with zero attached hydrogens (tertiary/aromatic N) is 1. The summed E-state index contributed by atoms with van der Waals surface area (Å²) in [4.78, 5) is 15.6. The fourth-order valence-corrected chi connectivity index (χ4v) is 3.63. The Morgan fingerprint density at radius 3 is 2.69 bits per heavy atom. The molecule has 1 fully saturated rings. The van der Waals surface area contributed by atoms with E-state index in [0.717, 1.165) is 37.6 Å². The van der Waals surface area contributed by atoms with Crippen molar-refractivity contribution in [2.45, 2.75) is 45.6 Å². The monoisotopic (exact) mass is 518 g/mol. The van der Waals surface area contributed by atoms with Gasteiger partial charge in [-0.2, -0.15) is 0 Å². The van der Waals surface area contributed by atoms with Crippen molar-refractivity contribution in [1.29, 1.82) is 0 Å². The van der Waals surface area contributed by atoms with Crippen LogP contribution in [0.5, 0.6) is 5.75 Å². The highest BCUT2D eigenvalue weighted by atomic mass is 127. The van der Waals surface area contributed by atoms with Crippen molar-refractivity contribution < 1.29 is 14.3 Å². The van der Waals surface area contributed by atoms with Crippen LogP contribution in [0.4, 0.5) is 0 Å². The maximum atomic E-state index is 10.9. The van der Waals surface area contributed by atoms with Crippen LogP contribution in [-0.4, -0.2) is 45.3 Å². The van der Waals surface area contributed by atoms with Crippen molar-refractivity contribution in [2.24, 2.45) is 16.1 Å². The standard InChI is InChI=1S/C21H34N4O3.HI/c1-3-23-20(25-16-21(11-12-27-2)9-4-5-10-21)24-14-17-7-6-8-18(13-17)28-15-19(22)26;/h6-8,13H,3-5,9-12,14-16H2,1-2H3,(H2,22,26)(H2,23,24,25);1H. The molecule has 7 nitrogen and oxygen atoms in total. The molecule has 4 N–H and O–H groups in total. The summed E-state index contributed by atoms with van der Waals surface area (Å²) in [6.45, 7) is 4.97. The SMILES string of the molecule is CCNC(=NCc1cccc(OCC(N)=O)c1)NCC1(CCOC)CCCC1.I. The molecule has 0 spiro atoms. The molecule has 2 rings (SSSR count). The van der Waals surface area contributed by atoms with Crippen molar-refractivity contribution in [3.63, 3.8) is 0 Å². The molecule has 0 unspecified atom stereocenters. The topological polar surface area (TPSA) is 98.0 Å². The zero-order valence-electron chi connectivity index (χ0n) is 17.5. The summed E-state index contributed by atoms with van der Waals surface area (Å²) in [5.41, 5.74) is 6.43. The van der Waals surface area contributed by atoms with Gasteiger partial charge in [-0.1, -0.05) is 25.0 Å². The second-order valence-corrected chi connectivity index (χ2v) is 7.40. The van der Waals surface area contributed by atoms with Crippen LogP contribution >= 0.6 is 24.0 Å². The molecule has 1 aliphatic carbocycles. The number of nitrogens with two attached hydrogens (primary N) is 1. The van der Waals surface area contributed by atoms with Crippen LogP contribution in [0.1, 0.15) is 44.6 Å². The molecule has 0 heterocycles. The van der Waals surface area contributed by atoms with E-state index in [9.17, 15) is 4.79 Å². The highest BCUT2D eigenvalue weighted by molar-refractivity contribution is 14.0. The third-order valence-corrected chi connectivity index (χ3v) is 5.18. The third kappa shape index (κ3) is 9.20. The first-order valence-electron chi connectivity index (χ1n) is 10.1. The minimum absolute atomic E-state index is 0. The molecule has 1 aliphatic rings. The number of amides is 1. The lowest BCUT2D eigenvalue weighted by molar-refractivity contribution is -0.119. The quantitative estimate of drug-likeness (QED) is 0.238. The number of methoxy groups -OCH3 is 1. The first-order valence-corrected chi connectivity index (χ1v) is 10.1. The van der Waals surface area contributed by atoms with Gasteiger partial charge in [0, 0.05) is 26.8 Å². The number of rotatable bonds is 11. The van der Waals surface area contributed by atoms with Crippen LogP contribution < -0.4 is 21.1 Å². The van der Waals surface area contributed by atoms with Crippen molar-refractivity contribution in [3.05, 3.63) is 29.8 Å². The molecule has 0 aliphatic heterocycles. The van der Waals surface area contributed by atoms with Gasteiger partial charge in [0.05, 0.1) is 6.54 Å². The number of hydrogen-bond donors (Lipinski definition) is 3. The Labute approximate surface area is 191 Å². The molecule has 0 radical (unpaired) electrons. The highest BCUT2D eigenvalue weighted by Crippen LogP contribution is 2.40. The molecule has 1 aromatic rings.